The first-order valence-electron chi connectivity index (χ1n) is 6.78. The van der Waals surface area contributed by atoms with Gasteiger partial charge in [0.15, 0.2) is 0 Å². The molecule has 2 aromatic carbocycles. The van der Waals surface area contributed by atoms with Crippen LogP contribution >= 0.6 is 23.2 Å². The molecule has 0 heterocycles. The molecule has 0 aliphatic rings. The van der Waals surface area contributed by atoms with Crippen LogP contribution in [-0.2, 0) is 6.42 Å². The van der Waals surface area contributed by atoms with Crippen LogP contribution in [0.25, 0.3) is 0 Å². The van der Waals surface area contributed by atoms with E-state index < -0.39 is 0 Å². The number of hydrogen-bond acceptors (Lipinski definition) is 1. The zero-order valence-corrected chi connectivity index (χ0v) is 13.2. The third kappa shape index (κ3) is 3.76. The van der Waals surface area contributed by atoms with Crippen LogP contribution in [0.4, 0.5) is 0 Å². The normalized spacial score (nSPS) is 14.0. The molecule has 0 saturated carbocycles. The van der Waals surface area contributed by atoms with Crippen molar-refractivity contribution >= 4 is 23.2 Å². The second-order valence-electron chi connectivity index (χ2n) is 5.09. The van der Waals surface area contributed by atoms with E-state index in [9.17, 15) is 0 Å². The average Bonchev–Trinajstić information content (AvgIpc) is 2.45. The maximum absolute atomic E-state index is 6.26. The highest BCUT2D eigenvalue weighted by atomic mass is 35.5. The zero-order chi connectivity index (χ0) is 14.5. The fourth-order valence-electron chi connectivity index (χ4n) is 2.60. The van der Waals surface area contributed by atoms with E-state index in [1.54, 1.807) is 0 Å². The van der Waals surface area contributed by atoms with Crippen LogP contribution in [0.2, 0.25) is 10.0 Å². The van der Waals surface area contributed by atoms with Gasteiger partial charge in [-0.05, 0) is 48.7 Å². The molecular formula is C17H19Cl2N. The van der Waals surface area contributed by atoms with Gasteiger partial charge in [-0.25, -0.2) is 0 Å². The first-order chi connectivity index (χ1) is 9.61. The highest BCUT2D eigenvalue weighted by molar-refractivity contribution is 6.33. The molecule has 1 N–H and O–H groups in total. The molecule has 2 atom stereocenters. The molecule has 0 bridgehead atoms. The van der Waals surface area contributed by atoms with Crippen molar-refractivity contribution in [1.82, 2.24) is 5.32 Å². The molecule has 0 aliphatic heterocycles. The van der Waals surface area contributed by atoms with Gasteiger partial charge < -0.3 is 5.32 Å². The van der Waals surface area contributed by atoms with Gasteiger partial charge in [0.2, 0.25) is 0 Å². The minimum Gasteiger partial charge on any atom is -0.313 e. The molecule has 2 unspecified atom stereocenters. The Hall–Kier alpha value is -1.02. The van der Waals surface area contributed by atoms with E-state index in [1.165, 1.54) is 5.56 Å². The van der Waals surface area contributed by atoms with E-state index in [-0.39, 0.29) is 0 Å². The Bertz CT molecular complexity index is 554. The Morgan fingerprint density at radius 2 is 1.75 bits per heavy atom. The van der Waals surface area contributed by atoms with Gasteiger partial charge in [-0.2, -0.15) is 0 Å². The maximum Gasteiger partial charge on any atom is 0.0439 e. The molecule has 0 amide bonds. The summed E-state index contributed by atoms with van der Waals surface area (Å²) in [5.41, 5.74) is 2.39. The lowest BCUT2D eigenvalue weighted by Crippen LogP contribution is -2.24. The van der Waals surface area contributed by atoms with Gasteiger partial charge in [-0.1, -0.05) is 60.5 Å². The molecule has 0 aliphatic carbocycles. The smallest absolute Gasteiger partial charge is 0.0439 e. The van der Waals surface area contributed by atoms with E-state index in [4.69, 9.17) is 23.2 Å². The van der Waals surface area contributed by atoms with Crippen LogP contribution in [0.5, 0.6) is 0 Å². The molecule has 106 valence electrons. The molecule has 20 heavy (non-hydrogen) atoms. The van der Waals surface area contributed by atoms with E-state index in [1.807, 2.05) is 31.3 Å². The second-order valence-corrected chi connectivity index (χ2v) is 5.94. The highest BCUT2D eigenvalue weighted by Crippen LogP contribution is 2.29. The van der Waals surface area contributed by atoms with E-state index in [0.29, 0.717) is 12.0 Å². The van der Waals surface area contributed by atoms with Gasteiger partial charge in [-0.15, -0.1) is 0 Å². The van der Waals surface area contributed by atoms with Crippen molar-refractivity contribution in [3.8, 4) is 0 Å². The predicted molar refractivity (Wildman–Crippen MR) is 87.6 cm³/mol. The Morgan fingerprint density at radius 3 is 2.40 bits per heavy atom. The van der Waals surface area contributed by atoms with Gasteiger partial charge in [0.25, 0.3) is 0 Å². The largest absolute Gasteiger partial charge is 0.313 e. The molecule has 3 heteroatoms. The Labute approximate surface area is 130 Å². The number of hydrogen-bond donors (Lipinski definition) is 1. The fourth-order valence-corrected chi connectivity index (χ4v) is 2.99. The first kappa shape index (κ1) is 15.4. The molecule has 0 saturated heterocycles. The zero-order valence-electron chi connectivity index (χ0n) is 11.7. The minimum absolute atomic E-state index is 0.297. The monoisotopic (exact) mass is 307 g/mol. The van der Waals surface area contributed by atoms with Gasteiger partial charge in [0.1, 0.15) is 0 Å². The third-order valence-electron chi connectivity index (χ3n) is 3.59. The SMILES string of the molecule is CNC(c1ccccc1)C(C)Cc1cc(Cl)ccc1Cl. The van der Waals surface area contributed by atoms with Crippen molar-refractivity contribution in [2.24, 2.45) is 5.92 Å². The van der Waals surface area contributed by atoms with Crippen molar-refractivity contribution in [3.63, 3.8) is 0 Å². The predicted octanol–water partition coefficient (Wildman–Crippen LogP) is 5.13. The van der Waals surface area contributed by atoms with Gasteiger partial charge in [0, 0.05) is 16.1 Å². The van der Waals surface area contributed by atoms with E-state index >= 15 is 0 Å². The summed E-state index contributed by atoms with van der Waals surface area (Å²) in [4.78, 5) is 0. The summed E-state index contributed by atoms with van der Waals surface area (Å²) >= 11 is 12.3. The van der Waals surface area contributed by atoms with Crippen LogP contribution in [0.1, 0.15) is 24.1 Å². The summed E-state index contributed by atoms with van der Waals surface area (Å²) < 4.78 is 0. The lowest BCUT2D eigenvalue weighted by atomic mass is 9.89. The summed E-state index contributed by atoms with van der Waals surface area (Å²) in [6, 6.07) is 16.4. The van der Waals surface area contributed by atoms with Crippen molar-refractivity contribution in [3.05, 3.63) is 69.7 Å². The summed E-state index contributed by atoms with van der Waals surface area (Å²) in [6.07, 6.45) is 0.889. The lowest BCUT2D eigenvalue weighted by Gasteiger charge is -2.24. The highest BCUT2D eigenvalue weighted by Gasteiger charge is 2.18. The van der Waals surface area contributed by atoms with Crippen molar-refractivity contribution in [2.75, 3.05) is 7.05 Å². The Morgan fingerprint density at radius 1 is 1.05 bits per heavy atom. The summed E-state index contributed by atoms with van der Waals surface area (Å²) in [5.74, 6) is 0.415. The number of halogens is 2. The Balaban J connectivity index is 2.17. The van der Waals surface area contributed by atoms with Crippen LogP contribution in [0.3, 0.4) is 0 Å². The van der Waals surface area contributed by atoms with Crippen LogP contribution in [0, 0.1) is 5.92 Å². The van der Waals surface area contributed by atoms with Crippen molar-refractivity contribution in [2.45, 2.75) is 19.4 Å². The van der Waals surface area contributed by atoms with Crippen LogP contribution in [0.15, 0.2) is 48.5 Å². The number of benzene rings is 2. The van der Waals surface area contributed by atoms with Crippen molar-refractivity contribution < 1.29 is 0 Å². The van der Waals surface area contributed by atoms with E-state index in [2.05, 4.69) is 36.5 Å². The summed E-state index contributed by atoms with van der Waals surface area (Å²) in [5, 5.41) is 4.91. The molecule has 0 radical (unpaired) electrons. The first-order valence-corrected chi connectivity index (χ1v) is 7.53. The standard InChI is InChI=1S/C17H19Cl2N/c1-12(10-14-11-15(18)8-9-16(14)19)17(20-2)13-6-4-3-5-7-13/h3-9,11-12,17,20H,10H2,1-2H3. The van der Waals surface area contributed by atoms with Crippen LogP contribution < -0.4 is 5.32 Å². The van der Waals surface area contributed by atoms with Gasteiger partial charge in [0.05, 0.1) is 0 Å². The van der Waals surface area contributed by atoms with Crippen molar-refractivity contribution in [1.29, 1.82) is 0 Å². The number of rotatable bonds is 5. The lowest BCUT2D eigenvalue weighted by molar-refractivity contribution is 0.409. The van der Waals surface area contributed by atoms with Gasteiger partial charge in [-0.3, -0.25) is 0 Å². The molecule has 0 spiro atoms. The minimum atomic E-state index is 0.297. The molecule has 2 aromatic rings. The molecule has 0 aromatic heterocycles. The molecule has 0 fully saturated rings. The Kier molecular flexibility index (Phi) is 5.47. The third-order valence-corrected chi connectivity index (χ3v) is 4.19. The quantitative estimate of drug-likeness (QED) is 0.807. The topological polar surface area (TPSA) is 12.0 Å². The van der Waals surface area contributed by atoms with Crippen LogP contribution in [-0.4, -0.2) is 7.05 Å². The molecule has 1 nitrogen and oxygen atoms in total. The number of nitrogens with one attached hydrogen (secondary N) is 1. The maximum atomic E-state index is 6.26. The summed E-state index contributed by atoms with van der Waals surface area (Å²) in [6.45, 7) is 2.23. The summed E-state index contributed by atoms with van der Waals surface area (Å²) in [7, 11) is 1.99. The van der Waals surface area contributed by atoms with E-state index in [0.717, 1.165) is 22.0 Å². The van der Waals surface area contributed by atoms with Gasteiger partial charge >= 0.3 is 0 Å². The molecule has 2 rings (SSSR count). The molecular weight excluding hydrogens is 289 g/mol. The second kappa shape index (κ2) is 7.12. The fraction of sp³-hybridized carbons (Fsp3) is 0.294. The average molecular weight is 308 g/mol.